The summed E-state index contributed by atoms with van der Waals surface area (Å²) in [7, 11) is 0. The van der Waals surface area contributed by atoms with Crippen LogP contribution in [0.3, 0.4) is 0 Å². The molecule has 0 radical (unpaired) electrons. The number of rotatable bonds is 9. The van der Waals surface area contributed by atoms with Crippen LogP contribution in [-0.2, 0) is 20.7 Å². The number of carbonyl (C=O) groups is 2. The zero-order chi connectivity index (χ0) is 24.0. The zero-order valence-corrected chi connectivity index (χ0v) is 18.8. The number of aliphatic hydroxyl groups excluding tert-OH is 2. The molecule has 0 unspecified atom stereocenters. The number of esters is 1. The van der Waals surface area contributed by atoms with E-state index in [0.717, 1.165) is 11.1 Å². The van der Waals surface area contributed by atoms with E-state index in [-0.39, 0.29) is 25.0 Å². The van der Waals surface area contributed by atoms with Gasteiger partial charge in [-0.3, -0.25) is 0 Å². The third kappa shape index (κ3) is 6.21. The van der Waals surface area contributed by atoms with Gasteiger partial charge in [-0.25, -0.2) is 9.59 Å². The molecule has 0 aliphatic heterocycles. The van der Waals surface area contributed by atoms with Gasteiger partial charge in [-0.2, -0.15) is 0 Å². The lowest BCUT2D eigenvalue weighted by Crippen LogP contribution is -2.58. The lowest BCUT2D eigenvalue weighted by molar-refractivity contribution is -0.200. The Morgan fingerprint density at radius 1 is 1.09 bits per heavy atom. The molecule has 0 bridgehead atoms. The summed E-state index contributed by atoms with van der Waals surface area (Å²) in [6.07, 6.45) is -1.87. The molecule has 0 amide bonds. The van der Waals surface area contributed by atoms with Gasteiger partial charge < -0.3 is 24.8 Å². The maximum absolute atomic E-state index is 12.5. The number of ether oxygens (including phenoxy) is 2. The van der Waals surface area contributed by atoms with E-state index in [0.29, 0.717) is 17.9 Å². The van der Waals surface area contributed by atoms with Crippen molar-refractivity contribution in [1.29, 1.82) is 0 Å². The first-order valence-electron chi connectivity index (χ1n) is 10.7. The second kappa shape index (κ2) is 10.9. The molecule has 3 N–H and O–H groups in total. The number of aryl methyl sites for hydroxylation is 1. The molecular weight excluding hydrogens is 448 g/mol. The maximum Gasteiger partial charge on any atom is 0.338 e. The van der Waals surface area contributed by atoms with Crippen LogP contribution in [-0.4, -0.2) is 57.8 Å². The first-order chi connectivity index (χ1) is 15.7. The maximum atomic E-state index is 12.5. The van der Waals surface area contributed by atoms with Crippen molar-refractivity contribution >= 4 is 29.6 Å². The minimum atomic E-state index is -1.78. The van der Waals surface area contributed by atoms with E-state index in [1.165, 1.54) is 0 Å². The second-order valence-electron chi connectivity index (χ2n) is 8.11. The highest BCUT2D eigenvalue weighted by atomic mass is 35.5. The molecule has 0 saturated heterocycles. The van der Waals surface area contributed by atoms with Crippen molar-refractivity contribution in [2.45, 2.75) is 49.6 Å². The Morgan fingerprint density at radius 2 is 1.76 bits per heavy atom. The fourth-order valence-electron chi connectivity index (χ4n) is 3.86. The van der Waals surface area contributed by atoms with Crippen LogP contribution in [0.15, 0.2) is 55.1 Å². The van der Waals surface area contributed by atoms with Gasteiger partial charge in [0, 0.05) is 24.5 Å². The largest absolute Gasteiger partial charge is 0.479 e. The smallest absolute Gasteiger partial charge is 0.338 e. The van der Waals surface area contributed by atoms with Gasteiger partial charge in [-0.1, -0.05) is 48.5 Å². The Labute approximate surface area is 197 Å². The summed E-state index contributed by atoms with van der Waals surface area (Å²) < 4.78 is 11.1. The molecule has 3 rings (SSSR count). The molecule has 0 aromatic heterocycles. The van der Waals surface area contributed by atoms with Gasteiger partial charge in [0.1, 0.15) is 12.2 Å². The van der Waals surface area contributed by atoms with Crippen LogP contribution in [0.2, 0.25) is 5.02 Å². The summed E-state index contributed by atoms with van der Waals surface area (Å²) in [6.45, 7) is 3.76. The predicted molar refractivity (Wildman–Crippen MR) is 123 cm³/mol. The minimum absolute atomic E-state index is 0.113. The summed E-state index contributed by atoms with van der Waals surface area (Å²) in [5.41, 5.74) is 0.297. The number of benzene rings is 2. The van der Waals surface area contributed by atoms with Crippen LogP contribution in [0.1, 0.15) is 40.7 Å². The molecule has 0 spiro atoms. The Morgan fingerprint density at radius 3 is 2.36 bits per heavy atom. The van der Waals surface area contributed by atoms with Crippen LogP contribution in [0.5, 0.6) is 0 Å². The molecule has 2 aromatic rings. The minimum Gasteiger partial charge on any atom is -0.479 e. The van der Waals surface area contributed by atoms with E-state index in [1.807, 2.05) is 12.1 Å². The summed E-state index contributed by atoms with van der Waals surface area (Å²) in [4.78, 5) is 24.7. The van der Waals surface area contributed by atoms with Crippen molar-refractivity contribution in [3.05, 3.63) is 76.8 Å². The first kappa shape index (κ1) is 24.9. The monoisotopic (exact) mass is 474 g/mol. The zero-order valence-electron chi connectivity index (χ0n) is 18.0. The SMILES string of the molecule is C=Cc1ccc(C(=O)O[C@@H]2C[C@](OCCCc3ccc(Cl)cc3)(C(=O)O)C[C@@H](O)[C@H]2O)cc1. The summed E-state index contributed by atoms with van der Waals surface area (Å²) in [6, 6.07) is 13.8. The number of hydrogen-bond donors (Lipinski definition) is 3. The molecule has 1 aliphatic carbocycles. The lowest BCUT2D eigenvalue weighted by atomic mass is 9.79. The summed E-state index contributed by atoms with van der Waals surface area (Å²) >= 11 is 5.88. The lowest BCUT2D eigenvalue weighted by Gasteiger charge is -2.42. The van der Waals surface area contributed by atoms with Crippen LogP contribution in [0, 0.1) is 0 Å². The van der Waals surface area contributed by atoms with Crippen molar-refractivity contribution in [2.24, 2.45) is 0 Å². The van der Waals surface area contributed by atoms with Gasteiger partial charge in [0.2, 0.25) is 0 Å². The molecule has 0 heterocycles. The molecular formula is C25H27ClO7. The number of carboxylic acids is 1. The molecule has 4 atom stereocenters. The first-order valence-corrected chi connectivity index (χ1v) is 11.0. The van der Waals surface area contributed by atoms with Gasteiger partial charge in [-0.05, 0) is 48.2 Å². The molecule has 1 saturated carbocycles. The highest BCUT2D eigenvalue weighted by molar-refractivity contribution is 6.30. The predicted octanol–water partition coefficient (Wildman–Crippen LogP) is 3.50. The van der Waals surface area contributed by atoms with Gasteiger partial charge in [0.05, 0.1) is 11.7 Å². The van der Waals surface area contributed by atoms with Crippen molar-refractivity contribution in [3.8, 4) is 0 Å². The van der Waals surface area contributed by atoms with E-state index in [9.17, 15) is 24.9 Å². The van der Waals surface area contributed by atoms with Crippen LogP contribution in [0.25, 0.3) is 6.08 Å². The third-order valence-electron chi connectivity index (χ3n) is 5.78. The Bertz CT molecular complexity index is 973. The van der Waals surface area contributed by atoms with E-state index >= 15 is 0 Å². The Balaban J connectivity index is 1.65. The van der Waals surface area contributed by atoms with Crippen molar-refractivity contribution in [3.63, 3.8) is 0 Å². The van der Waals surface area contributed by atoms with Crippen molar-refractivity contribution in [2.75, 3.05) is 6.61 Å². The highest BCUT2D eigenvalue weighted by Gasteiger charge is 2.52. The molecule has 8 heteroatoms. The van der Waals surface area contributed by atoms with Crippen molar-refractivity contribution < 1.29 is 34.4 Å². The normalized spacial score (nSPS) is 24.8. The van der Waals surface area contributed by atoms with Gasteiger partial charge in [0.25, 0.3) is 0 Å². The fraction of sp³-hybridized carbons (Fsp3) is 0.360. The van der Waals surface area contributed by atoms with E-state index < -0.39 is 35.9 Å². The van der Waals surface area contributed by atoms with Crippen LogP contribution in [0.4, 0.5) is 0 Å². The van der Waals surface area contributed by atoms with E-state index in [4.69, 9.17) is 21.1 Å². The fourth-order valence-corrected chi connectivity index (χ4v) is 3.98. The molecule has 2 aromatic carbocycles. The van der Waals surface area contributed by atoms with E-state index in [2.05, 4.69) is 6.58 Å². The van der Waals surface area contributed by atoms with Gasteiger partial charge >= 0.3 is 11.9 Å². The number of hydrogen-bond acceptors (Lipinski definition) is 6. The Hall–Kier alpha value is -2.71. The van der Waals surface area contributed by atoms with Gasteiger partial charge in [-0.15, -0.1) is 0 Å². The van der Waals surface area contributed by atoms with Gasteiger partial charge in [0.15, 0.2) is 5.60 Å². The molecule has 33 heavy (non-hydrogen) atoms. The number of carbonyl (C=O) groups excluding carboxylic acids is 1. The average molecular weight is 475 g/mol. The average Bonchev–Trinajstić information content (AvgIpc) is 2.81. The molecule has 176 valence electrons. The topological polar surface area (TPSA) is 113 Å². The number of carboxylic acid groups (broad SMARTS) is 1. The van der Waals surface area contributed by atoms with Crippen molar-refractivity contribution in [1.82, 2.24) is 0 Å². The van der Waals surface area contributed by atoms with Crippen LogP contribution < -0.4 is 0 Å². The standard InChI is InChI=1S/C25H27ClO7/c1-2-16-5-9-18(10-6-16)23(29)33-21-15-25(24(30)31,14-20(27)22(21)28)32-13-3-4-17-7-11-19(26)12-8-17/h2,5-12,20-22,27-28H,1,3-4,13-15H2,(H,30,31)/t20-,21-,22-,25+/m1/s1. The van der Waals surface area contributed by atoms with Crippen LogP contribution >= 0.6 is 11.6 Å². The molecule has 1 fully saturated rings. The third-order valence-corrected chi connectivity index (χ3v) is 6.03. The number of halogens is 1. The van der Waals surface area contributed by atoms with E-state index in [1.54, 1.807) is 42.5 Å². The number of aliphatic hydroxyl groups is 2. The second-order valence-corrected chi connectivity index (χ2v) is 8.55. The summed E-state index contributed by atoms with van der Waals surface area (Å²) in [5, 5.41) is 31.2. The molecule has 1 aliphatic rings. The highest BCUT2D eigenvalue weighted by Crippen LogP contribution is 2.35. The number of aliphatic carboxylic acids is 1. The Kier molecular flexibility index (Phi) is 8.26. The summed E-state index contributed by atoms with van der Waals surface area (Å²) in [5.74, 6) is -2.01. The quantitative estimate of drug-likeness (QED) is 0.376. The molecule has 7 nitrogen and oxygen atoms in total.